The highest BCUT2D eigenvalue weighted by Crippen LogP contribution is 2.50. The molecule has 1 aliphatic carbocycles. The van der Waals surface area contributed by atoms with E-state index < -0.39 is 0 Å². The van der Waals surface area contributed by atoms with Gasteiger partial charge in [0.2, 0.25) is 0 Å². The Hall–Kier alpha value is 0.310. The summed E-state index contributed by atoms with van der Waals surface area (Å²) in [5.41, 5.74) is 0.570. The van der Waals surface area contributed by atoms with Gasteiger partial charge in [0.15, 0.2) is 0 Å². The maximum absolute atomic E-state index is 3.76. The van der Waals surface area contributed by atoms with Crippen molar-refractivity contribution in [2.75, 3.05) is 12.3 Å². The van der Waals surface area contributed by atoms with Gasteiger partial charge < -0.3 is 5.32 Å². The summed E-state index contributed by atoms with van der Waals surface area (Å²) in [6, 6.07) is 0. The average molecular weight is 199 g/mol. The summed E-state index contributed by atoms with van der Waals surface area (Å²) >= 11 is 2.17. The van der Waals surface area contributed by atoms with E-state index in [9.17, 15) is 0 Å². The number of rotatable bonds is 0. The van der Waals surface area contributed by atoms with Crippen molar-refractivity contribution in [2.45, 2.75) is 44.9 Å². The molecule has 0 radical (unpaired) electrons. The van der Waals surface area contributed by atoms with Gasteiger partial charge >= 0.3 is 0 Å². The van der Waals surface area contributed by atoms with E-state index >= 15 is 0 Å². The third-order valence-electron chi connectivity index (χ3n) is 3.39. The van der Waals surface area contributed by atoms with Crippen molar-refractivity contribution in [1.29, 1.82) is 0 Å². The van der Waals surface area contributed by atoms with Crippen LogP contribution in [-0.2, 0) is 0 Å². The minimum Gasteiger partial charge on any atom is -0.302 e. The molecule has 0 aromatic carbocycles. The summed E-state index contributed by atoms with van der Waals surface area (Å²) in [6.07, 6.45) is 4.12. The lowest BCUT2D eigenvalue weighted by molar-refractivity contribution is 0.340. The van der Waals surface area contributed by atoms with Crippen molar-refractivity contribution in [3.05, 3.63) is 0 Å². The van der Waals surface area contributed by atoms with Gasteiger partial charge in [0.1, 0.15) is 0 Å². The molecule has 2 rings (SSSR count). The molecule has 1 N–H and O–H groups in total. The van der Waals surface area contributed by atoms with Crippen molar-refractivity contribution < 1.29 is 0 Å². The maximum Gasteiger partial charge on any atom is 0.0650 e. The minimum atomic E-state index is 0.454. The van der Waals surface area contributed by atoms with Crippen molar-refractivity contribution in [3.8, 4) is 0 Å². The van der Waals surface area contributed by atoms with Gasteiger partial charge in [0.05, 0.1) is 4.87 Å². The van der Waals surface area contributed by atoms with E-state index in [0.717, 1.165) is 5.92 Å². The highest BCUT2D eigenvalue weighted by molar-refractivity contribution is 8.00. The molecule has 1 spiro atoms. The van der Waals surface area contributed by atoms with Crippen LogP contribution in [0.2, 0.25) is 0 Å². The quantitative estimate of drug-likeness (QED) is 0.644. The molecule has 2 heteroatoms. The molecule has 1 heterocycles. The summed E-state index contributed by atoms with van der Waals surface area (Å²) in [6.45, 7) is 8.38. The van der Waals surface area contributed by atoms with E-state index in [2.05, 4.69) is 37.8 Å². The lowest BCUT2D eigenvalue weighted by atomic mass is 9.91. The SMILES string of the molecule is CC1CNC2(CCC(C)(C)C2)SC1. The molecule has 1 saturated carbocycles. The molecule has 76 valence electrons. The Balaban J connectivity index is 2.00. The summed E-state index contributed by atoms with van der Waals surface area (Å²) < 4.78 is 0. The van der Waals surface area contributed by atoms with Gasteiger partial charge in [0, 0.05) is 0 Å². The molecule has 1 saturated heterocycles. The van der Waals surface area contributed by atoms with Gasteiger partial charge in [-0.3, -0.25) is 0 Å². The molecule has 1 nitrogen and oxygen atoms in total. The van der Waals surface area contributed by atoms with E-state index in [1.54, 1.807) is 0 Å². The molecule has 0 aromatic heterocycles. The maximum atomic E-state index is 3.76. The zero-order valence-electron chi connectivity index (χ0n) is 9.02. The highest BCUT2D eigenvalue weighted by atomic mass is 32.2. The predicted octanol–water partition coefficient (Wildman–Crippen LogP) is 2.87. The first-order valence-electron chi connectivity index (χ1n) is 5.40. The Labute approximate surface area is 86.0 Å². The zero-order valence-corrected chi connectivity index (χ0v) is 9.84. The summed E-state index contributed by atoms with van der Waals surface area (Å²) in [5, 5.41) is 3.76. The Morgan fingerprint density at radius 1 is 1.31 bits per heavy atom. The van der Waals surface area contributed by atoms with Gasteiger partial charge in [0.25, 0.3) is 0 Å². The Kier molecular flexibility index (Phi) is 2.40. The molecule has 2 atom stereocenters. The molecule has 1 aliphatic heterocycles. The highest BCUT2D eigenvalue weighted by Gasteiger charge is 2.44. The number of hydrogen-bond donors (Lipinski definition) is 1. The van der Waals surface area contributed by atoms with Crippen LogP contribution in [0.1, 0.15) is 40.0 Å². The van der Waals surface area contributed by atoms with Crippen LogP contribution in [0.5, 0.6) is 0 Å². The fourth-order valence-corrected chi connectivity index (χ4v) is 4.18. The van der Waals surface area contributed by atoms with E-state index in [4.69, 9.17) is 0 Å². The summed E-state index contributed by atoms with van der Waals surface area (Å²) in [7, 11) is 0. The standard InChI is InChI=1S/C11H21NS/c1-9-6-12-11(13-7-9)5-4-10(2,3)8-11/h9,12H,4-8H2,1-3H3. The molecule has 2 aliphatic rings. The molecule has 0 aromatic rings. The number of nitrogens with one attached hydrogen (secondary N) is 1. The first-order valence-corrected chi connectivity index (χ1v) is 6.39. The normalized spacial score (nSPS) is 44.1. The molecule has 13 heavy (non-hydrogen) atoms. The van der Waals surface area contributed by atoms with Crippen LogP contribution in [-0.4, -0.2) is 17.2 Å². The summed E-state index contributed by atoms with van der Waals surface area (Å²) in [4.78, 5) is 0.454. The van der Waals surface area contributed by atoms with Crippen LogP contribution >= 0.6 is 11.8 Å². The number of thioether (sulfide) groups is 1. The largest absolute Gasteiger partial charge is 0.302 e. The van der Waals surface area contributed by atoms with Gasteiger partial charge in [-0.2, -0.15) is 0 Å². The van der Waals surface area contributed by atoms with Crippen LogP contribution in [0.4, 0.5) is 0 Å². The molecular weight excluding hydrogens is 178 g/mol. The minimum absolute atomic E-state index is 0.454. The van der Waals surface area contributed by atoms with Gasteiger partial charge in [-0.15, -0.1) is 11.8 Å². The van der Waals surface area contributed by atoms with Crippen molar-refractivity contribution >= 4 is 11.8 Å². The molecule has 2 unspecified atom stereocenters. The van der Waals surface area contributed by atoms with Crippen molar-refractivity contribution in [3.63, 3.8) is 0 Å². The van der Waals surface area contributed by atoms with Gasteiger partial charge in [-0.05, 0) is 42.9 Å². The number of hydrogen-bond acceptors (Lipinski definition) is 2. The molecule has 0 amide bonds. The van der Waals surface area contributed by atoms with Gasteiger partial charge in [-0.25, -0.2) is 0 Å². The van der Waals surface area contributed by atoms with Crippen LogP contribution in [0.25, 0.3) is 0 Å². The van der Waals surface area contributed by atoms with Gasteiger partial charge in [-0.1, -0.05) is 20.8 Å². The smallest absolute Gasteiger partial charge is 0.0650 e. The lowest BCUT2D eigenvalue weighted by Crippen LogP contribution is -2.47. The predicted molar refractivity (Wildman–Crippen MR) is 60.0 cm³/mol. The molecular formula is C11H21NS. The average Bonchev–Trinajstić information content (AvgIpc) is 2.35. The van der Waals surface area contributed by atoms with E-state index in [1.165, 1.54) is 31.6 Å². The first kappa shape index (κ1) is 9.85. The van der Waals surface area contributed by atoms with Crippen molar-refractivity contribution in [2.24, 2.45) is 11.3 Å². The fourth-order valence-electron chi connectivity index (χ4n) is 2.54. The topological polar surface area (TPSA) is 12.0 Å². The monoisotopic (exact) mass is 199 g/mol. The third kappa shape index (κ3) is 2.04. The fraction of sp³-hybridized carbons (Fsp3) is 1.00. The second kappa shape index (κ2) is 3.16. The van der Waals surface area contributed by atoms with Crippen LogP contribution < -0.4 is 5.32 Å². The molecule has 0 bridgehead atoms. The van der Waals surface area contributed by atoms with E-state index in [1.807, 2.05) is 0 Å². The first-order chi connectivity index (χ1) is 6.02. The summed E-state index contributed by atoms with van der Waals surface area (Å²) in [5.74, 6) is 2.21. The van der Waals surface area contributed by atoms with Crippen LogP contribution in [0, 0.1) is 11.3 Å². The second-order valence-electron chi connectivity index (χ2n) is 5.63. The Morgan fingerprint density at radius 3 is 2.54 bits per heavy atom. The van der Waals surface area contributed by atoms with Crippen LogP contribution in [0.15, 0.2) is 0 Å². The Bertz CT molecular complexity index is 192. The van der Waals surface area contributed by atoms with E-state index in [0.29, 0.717) is 10.3 Å². The second-order valence-corrected chi connectivity index (χ2v) is 7.04. The third-order valence-corrected chi connectivity index (χ3v) is 5.17. The lowest BCUT2D eigenvalue weighted by Gasteiger charge is -2.38. The van der Waals surface area contributed by atoms with Crippen LogP contribution in [0.3, 0.4) is 0 Å². The van der Waals surface area contributed by atoms with Crippen molar-refractivity contribution in [1.82, 2.24) is 5.32 Å². The Morgan fingerprint density at radius 2 is 2.08 bits per heavy atom. The molecule has 2 fully saturated rings. The van der Waals surface area contributed by atoms with E-state index in [-0.39, 0.29) is 0 Å². The zero-order chi connectivity index (χ0) is 9.53.